The first-order valence-corrected chi connectivity index (χ1v) is 10.1. The Balaban J connectivity index is 1.82. The zero-order valence-corrected chi connectivity index (χ0v) is 17.4. The normalized spacial score (nSPS) is 20.7. The van der Waals surface area contributed by atoms with E-state index >= 15 is 0 Å². The number of halogens is 4. The van der Waals surface area contributed by atoms with Crippen molar-refractivity contribution in [2.45, 2.75) is 34.9 Å². The van der Waals surface area contributed by atoms with Gasteiger partial charge in [-0.25, -0.2) is 4.39 Å². The van der Waals surface area contributed by atoms with Crippen molar-refractivity contribution < 1.29 is 27.5 Å². The molecule has 1 N–H and O–H groups in total. The predicted molar refractivity (Wildman–Crippen MR) is 107 cm³/mol. The molecule has 1 unspecified atom stereocenters. The van der Waals surface area contributed by atoms with Crippen LogP contribution in [0.25, 0.3) is 0 Å². The van der Waals surface area contributed by atoms with E-state index in [-0.39, 0.29) is 13.1 Å². The van der Waals surface area contributed by atoms with Crippen LogP contribution < -0.4 is 0 Å². The summed E-state index contributed by atoms with van der Waals surface area (Å²) in [5, 5.41) is 12.0. The molecule has 1 saturated heterocycles. The summed E-state index contributed by atoms with van der Waals surface area (Å²) in [6, 6.07) is 11.7. The van der Waals surface area contributed by atoms with E-state index < -0.39 is 24.1 Å². The minimum atomic E-state index is -4.29. The summed E-state index contributed by atoms with van der Waals surface area (Å²) in [6.07, 6.45) is -3.94. The number of benzene rings is 2. The minimum Gasteiger partial charge on any atom is -0.411 e. The van der Waals surface area contributed by atoms with E-state index in [1.165, 1.54) is 35.9 Å². The first kappa shape index (κ1) is 22.6. The molecule has 1 aliphatic heterocycles. The van der Waals surface area contributed by atoms with Crippen molar-refractivity contribution in [3.05, 3.63) is 59.4 Å². The van der Waals surface area contributed by atoms with E-state index in [1.807, 2.05) is 12.1 Å². The molecular weight excluding hydrogens is 420 g/mol. The molecular formula is C21H22F4N2O2S. The van der Waals surface area contributed by atoms with Gasteiger partial charge in [-0.05, 0) is 54.8 Å². The zero-order valence-electron chi connectivity index (χ0n) is 16.5. The third-order valence-electron chi connectivity index (χ3n) is 5.16. The summed E-state index contributed by atoms with van der Waals surface area (Å²) in [7, 11) is 1.44. The molecule has 0 amide bonds. The van der Waals surface area contributed by atoms with Crippen molar-refractivity contribution in [1.82, 2.24) is 4.90 Å². The van der Waals surface area contributed by atoms with Gasteiger partial charge >= 0.3 is 6.18 Å². The molecule has 0 radical (unpaired) electrons. The number of alkyl halides is 3. The Bertz CT molecular complexity index is 918. The highest BCUT2D eigenvalue weighted by Gasteiger charge is 2.43. The molecule has 0 saturated carbocycles. The molecule has 2 aromatic carbocycles. The Morgan fingerprint density at radius 3 is 2.50 bits per heavy atom. The maximum atomic E-state index is 14.4. The SMILES string of the molecule is COC1(c2cc(F)cc(Sc3ccc(C(C)=NO)cc3)c2)CCN(CC(F)(F)F)C1. The molecule has 3 rings (SSSR count). The standard InChI is InChI=1S/C21H22F4N2O2S/c1-14(26-28)15-3-5-18(6-4-15)30-19-10-16(9-17(22)11-19)20(29-2)7-8-27(12-20)13-21(23,24)25/h3-6,9-11,28H,7-8,12-13H2,1-2H3. The molecule has 1 atom stereocenters. The quantitative estimate of drug-likeness (QED) is 0.286. The first-order valence-electron chi connectivity index (χ1n) is 9.26. The smallest absolute Gasteiger partial charge is 0.401 e. The van der Waals surface area contributed by atoms with Gasteiger partial charge in [-0.3, -0.25) is 4.90 Å². The predicted octanol–water partition coefficient (Wildman–Crippen LogP) is 5.28. The van der Waals surface area contributed by atoms with Crippen LogP contribution in [0.3, 0.4) is 0 Å². The Hall–Kier alpha value is -2.10. The summed E-state index contributed by atoms with van der Waals surface area (Å²) in [5.41, 5.74) is 0.778. The fourth-order valence-electron chi connectivity index (χ4n) is 3.61. The van der Waals surface area contributed by atoms with E-state index in [9.17, 15) is 17.6 Å². The number of rotatable bonds is 6. The van der Waals surface area contributed by atoms with Gasteiger partial charge in [0.25, 0.3) is 0 Å². The molecule has 9 heteroatoms. The van der Waals surface area contributed by atoms with Crippen LogP contribution in [0.15, 0.2) is 57.4 Å². The van der Waals surface area contributed by atoms with Crippen LogP contribution in [0.2, 0.25) is 0 Å². The molecule has 0 aliphatic carbocycles. The number of nitrogens with zero attached hydrogens (tertiary/aromatic N) is 2. The van der Waals surface area contributed by atoms with Crippen molar-refractivity contribution in [2.24, 2.45) is 5.16 Å². The number of hydrogen-bond donors (Lipinski definition) is 1. The second-order valence-electron chi connectivity index (χ2n) is 7.26. The van der Waals surface area contributed by atoms with Gasteiger partial charge in [0, 0.05) is 30.0 Å². The van der Waals surface area contributed by atoms with Gasteiger partial charge in [0.05, 0.1) is 12.3 Å². The van der Waals surface area contributed by atoms with Gasteiger partial charge in [0.15, 0.2) is 0 Å². The van der Waals surface area contributed by atoms with Crippen molar-refractivity contribution in [1.29, 1.82) is 0 Å². The Morgan fingerprint density at radius 1 is 1.20 bits per heavy atom. The molecule has 30 heavy (non-hydrogen) atoms. The highest BCUT2D eigenvalue weighted by molar-refractivity contribution is 7.99. The second-order valence-corrected chi connectivity index (χ2v) is 8.41. The van der Waals surface area contributed by atoms with Crippen LogP contribution in [-0.2, 0) is 10.3 Å². The van der Waals surface area contributed by atoms with Crippen molar-refractivity contribution in [3.63, 3.8) is 0 Å². The van der Waals surface area contributed by atoms with Gasteiger partial charge in [-0.15, -0.1) is 0 Å². The van der Waals surface area contributed by atoms with Gasteiger partial charge in [0.2, 0.25) is 0 Å². The van der Waals surface area contributed by atoms with E-state index in [2.05, 4.69) is 5.16 Å². The Morgan fingerprint density at radius 2 is 1.90 bits per heavy atom. The molecule has 1 fully saturated rings. The van der Waals surface area contributed by atoms with Gasteiger partial charge in [-0.1, -0.05) is 29.1 Å². The van der Waals surface area contributed by atoms with Crippen molar-refractivity contribution >= 4 is 17.5 Å². The third-order valence-corrected chi connectivity index (χ3v) is 6.14. The summed E-state index contributed by atoms with van der Waals surface area (Å²) in [4.78, 5) is 2.75. The summed E-state index contributed by atoms with van der Waals surface area (Å²) < 4.78 is 58.3. The molecule has 4 nitrogen and oxygen atoms in total. The van der Waals surface area contributed by atoms with Crippen LogP contribution in [0.4, 0.5) is 17.6 Å². The largest absolute Gasteiger partial charge is 0.411 e. The lowest BCUT2D eigenvalue weighted by molar-refractivity contribution is -0.146. The van der Waals surface area contributed by atoms with Crippen LogP contribution in [0, 0.1) is 5.82 Å². The van der Waals surface area contributed by atoms with Crippen LogP contribution >= 0.6 is 11.8 Å². The Kier molecular flexibility index (Phi) is 6.74. The van der Waals surface area contributed by atoms with Crippen molar-refractivity contribution in [2.75, 3.05) is 26.7 Å². The molecule has 162 valence electrons. The Labute approximate surface area is 176 Å². The van der Waals surface area contributed by atoms with Gasteiger partial charge in [0.1, 0.15) is 11.4 Å². The van der Waals surface area contributed by atoms with Gasteiger partial charge < -0.3 is 9.94 Å². The molecule has 2 aromatic rings. The van der Waals surface area contributed by atoms with Gasteiger partial charge in [-0.2, -0.15) is 13.2 Å². The van der Waals surface area contributed by atoms with E-state index in [0.717, 1.165) is 10.5 Å². The molecule has 0 bridgehead atoms. The lowest BCUT2D eigenvalue weighted by atomic mass is 9.92. The number of methoxy groups -OCH3 is 1. The van der Waals surface area contributed by atoms with Crippen LogP contribution in [0.5, 0.6) is 0 Å². The van der Waals surface area contributed by atoms with E-state index in [1.54, 1.807) is 25.1 Å². The van der Waals surface area contributed by atoms with E-state index in [0.29, 0.717) is 22.6 Å². The minimum absolute atomic E-state index is 0.0467. The van der Waals surface area contributed by atoms with Crippen LogP contribution in [-0.4, -0.2) is 48.7 Å². The fourth-order valence-corrected chi connectivity index (χ4v) is 4.51. The lowest BCUT2D eigenvalue weighted by Crippen LogP contribution is -2.37. The monoisotopic (exact) mass is 442 g/mol. The molecule has 1 heterocycles. The second kappa shape index (κ2) is 8.95. The summed E-state index contributed by atoms with van der Waals surface area (Å²) in [5.74, 6) is -0.472. The average Bonchev–Trinajstić information content (AvgIpc) is 3.10. The highest BCUT2D eigenvalue weighted by Crippen LogP contribution is 2.39. The maximum absolute atomic E-state index is 14.4. The van der Waals surface area contributed by atoms with Crippen molar-refractivity contribution in [3.8, 4) is 0 Å². The number of oxime groups is 1. The molecule has 0 aromatic heterocycles. The first-order chi connectivity index (χ1) is 14.1. The zero-order chi connectivity index (χ0) is 21.9. The highest BCUT2D eigenvalue weighted by atomic mass is 32.2. The molecule has 0 spiro atoms. The van der Waals surface area contributed by atoms with Crippen LogP contribution in [0.1, 0.15) is 24.5 Å². The van der Waals surface area contributed by atoms with E-state index in [4.69, 9.17) is 9.94 Å². The number of ether oxygens (including phenoxy) is 1. The lowest BCUT2D eigenvalue weighted by Gasteiger charge is -2.29. The summed E-state index contributed by atoms with van der Waals surface area (Å²) >= 11 is 1.33. The maximum Gasteiger partial charge on any atom is 0.401 e. The summed E-state index contributed by atoms with van der Waals surface area (Å²) in [6.45, 7) is 0.928. The molecule has 1 aliphatic rings. The number of hydrogen-bond acceptors (Lipinski definition) is 5. The topological polar surface area (TPSA) is 45.1 Å². The average molecular weight is 442 g/mol. The number of likely N-dealkylation sites (tertiary alicyclic amines) is 1. The third kappa shape index (κ3) is 5.33. The fraction of sp³-hybridized carbons (Fsp3) is 0.381.